The lowest BCUT2D eigenvalue weighted by Crippen LogP contribution is -2.46. The van der Waals surface area contributed by atoms with Gasteiger partial charge in [0.05, 0.1) is 13.7 Å². The van der Waals surface area contributed by atoms with Crippen LogP contribution in [0.1, 0.15) is 23.6 Å². The Balaban J connectivity index is 0.00000280. The van der Waals surface area contributed by atoms with E-state index < -0.39 is 0 Å². The lowest BCUT2D eigenvalue weighted by molar-refractivity contribution is 0.177. The molecule has 0 spiro atoms. The normalized spacial score (nSPS) is 16.1. The second kappa shape index (κ2) is 10.6. The van der Waals surface area contributed by atoms with Crippen LogP contribution in [-0.2, 0) is 30.9 Å². The van der Waals surface area contributed by atoms with Crippen LogP contribution in [0.3, 0.4) is 0 Å². The van der Waals surface area contributed by atoms with Crippen LogP contribution in [0, 0.1) is 5.82 Å². The van der Waals surface area contributed by atoms with E-state index in [2.05, 4.69) is 25.7 Å². The predicted molar refractivity (Wildman–Crippen MR) is 115 cm³/mol. The van der Waals surface area contributed by atoms with E-state index in [9.17, 15) is 4.39 Å². The van der Waals surface area contributed by atoms with E-state index in [1.54, 1.807) is 20.2 Å². The molecule has 28 heavy (non-hydrogen) atoms. The van der Waals surface area contributed by atoms with E-state index in [1.807, 2.05) is 10.7 Å². The van der Waals surface area contributed by atoms with Crippen LogP contribution < -0.4 is 15.4 Å². The smallest absolute Gasteiger partial charge is 0.191 e. The maximum Gasteiger partial charge on any atom is 0.191 e. The third-order valence-corrected chi connectivity index (χ3v) is 4.42. The van der Waals surface area contributed by atoms with Crippen molar-refractivity contribution in [2.24, 2.45) is 4.99 Å². The molecule has 2 aromatic rings. The largest absolute Gasteiger partial charge is 0.494 e. The quantitative estimate of drug-likeness (QED) is 0.355. The lowest BCUT2D eigenvalue weighted by atomic mass is 10.1. The number of hydrogen-bond acceptors (Lipinski definition) is 5. The van der Waals surface area contributed by atoms with Gasteiger partial charge < -0.3 is 20.1 Å². The third-order valence-electron chi connectivity index (χ3n) is 4.42. The van der Waals surface area contributed by atoms with Gasteiger partial charge in [0.1, 0.15) is 12.4 Å². The number of aryl methyl sites for hydroxylation is 1. The van der Waals surface area contributed by atoms with Gasteiger partial charge in [0, 0.05) is 33.2 Å². The number of rotatable bonds is 6. The van der Waals surface area contributed by atoms with E-state index in [1.165, 1.54) is 13.2 Å². The van der Waals surface area contributed by atoms with Crippen molar-refractivity contribution in [3.05, 3.63) is 41.2 Å². The highest BCUT2D eigenvalue weighted by atomic mass is 127. The molecular formula is C18H26FIN6O2. The summed E-state index contributed by atoms with van der Waals surface area (Å²) in [7, 11) is 4.80. The summed E-state index contributed by atoms with van der Waals surface area (Å²) in [6.07, 6.45) is 1.78. The van der Waals surface area contributed by atoms with Crippen LogP contribution in [-0.4, -0.2) is 48.0 Å². The van der Waals surface area contributed by atoms with Gasteiger partial charge in [-0.05, 0) is 24.1 Å². The van der Waals surface area contributed by atoms with Crippen LogP contribution in [0.5, 0.6) is 5.75 Å². The Bertz CT molecular complexity index is 813. The highest BCUT2D eigenvalue weighted by Crippen LogP contribution is 2.17. The van der Waals surface area contributed by atoms with Crippen LogP contribution in [0.2, 0.25) is 0 Å². The molecular weight excluding hydrogens is 478 g/mol. The fraction of sp³-hybridized carbons (Fsp3) is 0.500. The number of guanidine groups is 1. The summed E-state index contributed by atoms with van der Waals surface area (Å²) in [5.74, 6) is 2.21. The zero-order chi connectivity index (χ0) is 19.2. The van der Waals surface area contributed by atoms with E-state index in [-0.39, 0.29) is 41.6 Å². The first-order chi connectivity index (χ1) is 13.1. The number of benzene rings is 1. The molecule has 2 N–H and O–H groups in total. The highest BCUT2D eigenvalue weighted by Gasteiger charge is 2.22. The first-order valence-electron chi connectivity index (χ1n) is 8.84. The number of nitrogens with zero attached hydrogens (tertiary/aromatic N) is 4. The minimum atomic E-state index is -0.377. The number of methoxy groups -OCH3 is 2. The van der Waals surface area contributed by atoms with E-state index >= 15 is 0 Å². The van der Waals surface area contributed by atoms with Gasteiger partial charge in [0.25, 0.3) is 0 Å². The molecule has 1 aromatic heterocycles. The average Bonchev–Trinajstić information content (AvgIpc) is 3.07. The fourth-order valence-electron chi connectivity index (χ4n) is 3.06. The van der Waals surface area contributed by atoms with Crippen molar-refractivity contribution in [3.8, 4) is 5.75 Å². The molecule has 0 radical (unpaired) electrons. The molecule has 0 bridgehead atoms. The maximum atomic E-state index is 13.8. The van der Waals surface area contributed by atoms with Gasteiger partial charge in [-0.15, -0.1) is 24.0 Å². The molecule has 1 aliphatic rings. The number of nitrogens with one attached hydrogen (secondary N) is 2. The van der Waals surface area contributed by atoms with Crippen molar-refractivity contribution >= 4 is 29.9 Å². The summed E-state index contributed by atoms with van der Waals surface area (Å²) >= 11 is 0. The maximum absolute atomic E-state index is 13.8. The fourth-order valence-corrected chi connectivity index (χ4v) is 3.06. The molecule has 0 saturated carbocycles. The summed E-state index contributed by atoms with van der Waals surface area (Å²) in [5, 5.41) is 11.1. The molecule has 10 heteroatoms. The molecule has 0 aliphatic carbocycles. The van der Waals surface area contributed by atoms with Crippen LogP contribution in [0.4, 0.5) is 4.39 Å². The molecule has 154 valence electrons. The summed E-state index contributed by atoms with van der Waals surface area (Å²) in [5.41, 5.74) is 0.808. The molecule has 1 atom stereocenters. The summed E-state index contributed by atoms with van der Waals surface area (Å²) in [6, 6.07) is 5.09. The number of hydrogen-bond donors (Lipinski definition) is 2. The zero-order valence-electron chi connectivity index (χ0n) is 16.2. The Morgan fingerprint density at radius 3 is 2.89 bits per heavy atom. The van der Waals surface area contributed by atoms with Gasteiger partial charge >= 0.3 is 0 Å². The topological polar surface area (TPSA) is 85.6 Å². The van der Waals surface area contributed by atoms with Crippen molar-refractivity contribution in [1.29, 1.82) is 0 Å². The van der Waals surface area contributed by atoms with Gasteiger partial charge in [-0.1, -0.05) is 6.07 Å². The van der Waals surface area contributed by atoms with Gasteiger partial charge in [-0.25, -0.2) is 14.1 Å². The Morgan fingerprint density at radius 1 is 1.39 bits per heavy atom. The van der Waals surface area contributed by atoms with Gasteiger partial charge in [0.15, 0.2) is 23.4 Å². The van der Waals surface area contributed by atoms with Crippen molar-refractivity contribution in [1.82, 2.24) is 25.4 Å². The molecule has 0 amide bonds. The van der Waals surface area contributed by atoms with Crippen LogP contribution in [0.15, 0.2) is 23.2 Å². The van der Waals surface area contributed by atoms with E-state index in [0.29, 0.717) is 31.5 Å². The predicted octanol–water partition coefficient (Wildman–Crippen LogP) is 1.87. The molecule has 2 heterocycles. The van der Waals surface area contributed by atoms with Crippen LogP contribution in [0.25, 0.3) is 0 Å². The van der Waals surface area contributed by atoms with Gasteiger partial charge in [0.2, 0.25) is 0 Å². The van der Waals surface area contributed by atoms with E-state index in [0.717, 1.165) is 24.2 Å². The molecule has 3 rings (SSSR count). The molecule has 0 saturated heterocycles. The summed E-state index contributed by atoms with van der Waals surface area (Å²) in [6.45, 7) is 1.59. The average molecular weight is 504 g/mol. The Morgan fingerprint density at radius 2 is 2.21 bits per heavy atom. The summed E-state index contributed by atoms with van der Waals surface area (Å²) in [4.78, 5) is 8.73. The van der Waals surface area contributed by atoms with Crippen molar-refractivity contribution < 1.29 is 13.9 Å². The molecule has 1 aliphatic heterocycles. The van der Waals surface area contributed by atoms with E-state index in [4.69, 9.17) is 9.47 Å². The second-order valence-electron chi connectivity index (χ2n) is 6.33. The molecule has 1 unspecified atom stereocenters. The minimum Gasteiger partial charge on any atom is -0.494 e. The molecule has 1 aromatic carbocycles. The monoisotopic (exact) mass is 504 g/mol. The van der Waals surface area contributed by atoms with Crippen molar-refractivity contribution in [2.75, 3.05) is 21.3 Å². The number of aliphatic imine (C=N–C) groups is 1. The lowest BCUT2D eigenvalue weighted by Gasteiger charge is -2.25. The molecule has 0 fully saturated rings. The molecule has 8 nitrogen and oxygen atoms in total. The first kappa shape index (κ1) is 22.3. The highest BCUT2D eigenvalue weighted by molar-refractivity contribution is 14.0. The minimum absolute atomic E-state index is 0. The standard InChI is InChI=1S/C18H25FN6O2.HI/c1-20-18(21-9-12-4-6-15(27-3)14(19)8-12)22-13-5-7-17-23-16(11-26-2)24-25(17)10-13;/h4,6,8,13H,5,7,9-11H2,1-3H3,(H2,20,21,22);1H. The Labute approximate surface area is 180 Å². The first-order valence-corrected chi connectivity index (χ1v) is 8.84. The Hall–Kier alpha value is -1.95. The van der Waals surface area contributed by atoms with Crippen molar-refractivity contribution in [3.63, 3.8) is 0 Å². The number of halogens is 2. The van der Waals surface area contributed by atoms with Crippen LogP contribution >= 0.6 is 24.0 Å². The van der Waals surface area contributed by atoms with Crippen molar-refractivity contribution in [2.45, 2.75) is 38.6 Å². The number of ether oxygens (including phenoxy) is 2. The number of fused-ring (bicyclic) bond motifs is 1. The van der Waals surface area contributed by atoms with Gasteiger partial charge in [-0.3, -0.25) is 4.99 Å². The Kier molecular flexibility index (Phi) is 8.42. The summed E-state index contributed by atoms with van der Waals surface area (Å²) < 4.78 is 25.8. The van der Waals surface area contributed by atoms with Gasteiger partial charge in [-0.2, -0.15) is 5.10 Å². The number of aromatic nitrogens is 3. The SMILES string of the molecule is CN=C(NCc1ccc(OC)c(F)c1)NC1CCc2nc(COC)nn2C1.I. The third kappa shape index (κ3) is 5.53. The second-order valence-corrected chi connectivity index (χ2v) is 6.33. The zero-order valence-corrected chi connectivity index (χ0v) is 18.6.